The van der Waals surface area contributed by atoms with Crippen molar-refractivity contribution in [3.05, 3.63) is 12.7 Å². The number of amides is 3. The molecule has 1 atom stereocenters. The zero-order chi connectivity index (χ0) is 15.4. The van der Waals surface area contributed by atoms with Crippen LogP contribution in [0.2, 0.25) is 0 Å². The number of carboxylic acids is 1. The molecule has 5 N–H and O–H groups in total. The normalized spacial score (nSPS) is 11.4. The van der Waals surface area contributed by atoms with Crippen LogP contribution in [0.3, 0.4) is 0 Å². The van der Waals surface area contributed by atoms with Gasteiger partial charge < -0.3 is 26.2 Å². The maximum atomic E-state index is 11.4. The van der Waals surface area contributed by atoms with Crippen molar-refractivity contribution in [3.63, 3.8) is 0 Å². The summed E-state index contributed by atoms with van der Waals surface area (Å²) in [5, 5.41) is 13.6. The van der Waals surface area contributed by atoms with Gasteiger partial charge in [-0.3, -0.25) is 4.79 Å². The topological polar surface area (TPSA) is 131 Å². The van der Waals surface area contributed by atoms with Gasteiger partial charge in [0.25, 0.3) is 0 Å². The third-order valence-corrected chi connectivity index (χ3v) is 2.28. The predicted octanol–water partition coefficient (Wildman–Crippen LogP) is -0.403. The highest BCUT2D eigenvalue weighted by molar-refractivity contribution is 5.83. The van der Waals surface area contributed by atoms with Crippen LogP contribution in [0, 0.1) is 0 Å². The van der Waals surface area contributed by atoms with Gasteiger partial charge >= 0.3 is 12.0 Å². The van der Waals surface area contributed by atoms with Crippen molar-refractivity contribution in [2.75, 3.05) is 19.8 Å². The van der Waals surface area contributed by atoms with Gasteiger partial charge in [0, 0.05) is 13.0 Å². The molecule has 0 aromatic carbocycles. The summed E-state index contributed by atoms with van der Waals surface area (Å²) < 4.78 is 5.16. The van der Waals surface area contributed by atoms with Gasteiger partial charge in [-0.15, -0.1) is 6.58 Å². The number of urea groups is 1. The van der Waals surface area contributed by atoms with Crippen molar-refractivity contribution in [1.82, 2.24) is 10.6 Å². The fourth-order valence-electron chi connectivity index (χ4n) is 1.26. The molecule has 0 aliphatic carbocycles. The Hall–Kier alpha value is -2.09. The first-order valence-electron chi connectivity index (χ1n) is 6.21. The molecule has 114 valence electrons. The molecule has 0 spiro atoms. The van der Waals surface area contributed by atoms with Gasteiger partial charge in [0.15, 0.2) is 0 Å². The Labute approximate surface area is 117 Å². The molecule has 0 aromatic rings. The molecular weight excluding hydrogens is 266 g/mol. The van der Waals surface area contributed by atoms with E-state index < -0.39 is 23.9 Å². The van der Waals surface area contributed by atoms with E-state index in [1.165, 1.54) is 0 Å². The van der Waals surface area contributed by atoms with E-state index in [-0.39, 0.29) is 19.4 Å². The van der Waals surface area contributed by atoms with Crippen LogP contribution in [0.5, 0.6) is 0 Å². The summed E-state index contributed by atoms with van der Waals surface area (Å²) in [6.07, 6.45) is 2.28. The molecule has 20 heavy (non-hydrogen) atoms. The van der Waals surface area contributed by atoms with Gasteiger partial charge in [-0.25, -0.2) is 9.59 Å². The van der Waals surface area contributed by atoms with Crippen LogP contribution < -0.4 is 16.4 Å². The smallest absolute Gasteiger partial charge is 0.326 e. The van der Waals surface area contributed by atoms with E-state index in [2.05, 4.69) is 17.2 Å². The Kier molecular flexibility index (Phi) is 9.67. The zero-order valence-corrected chi connectivity index (χ0v) is 11.3. The standard InChI is InChI=1S/C12H21N3O5/c1-2-3-7-20-8-6-14-12(19)15-9(11(17)18)4-5-10(13)16/h2,9H,1,3-8H2,(H2,13,16)(H,17,18)(H2,14,15,19)/t9-/m1/s1. The van der Waals surface area contributed by atoms with E-state index in [1.807, 2.05) is 0 Å². The number of carbonyl (C=O) groups excluding carboxylic acids is 2. The molecule has 0 aliphatic heterocycles. The van der Waals surface area contributed by atoms with Gasteiger partial charge in [-0.05, 0) is 12.8 Å². The summed E-state index contributed by atoms with van der Waals surface area (Å²) in [7, 11) is 0. The summed E-state index contributed by atoms with van der Waals surface area (Å²) in [4.78, 5) is 32.9. The van der Waals surface area contributed by atoms with Crippen molar-refractivity contribution in [2.45, 2.75) is 25.3 Å². The highest BCUT2D eigenvalue weighted by Gasteiger charge is 2.20. The lowest BCUT2D eigenvalue weighted by atomic mass is 10.1. The van der Waals surface area contributed by atoms with Crippen LogP contribution >= 0.6 is 0 Å². The highest BCUT2D eigenvalue weighted by atomic mass is 16.5. The lowest BCUT2D eigenvalue weighted by molar-refractivity contribution is -0.139. The van der Waals surface area contributed by atoms with Gasteiger partial charge in [0.05, 0.1) is 13.2 Å². The van der Waals surface area contributed by atoms with Crippen molar-refractivity contribution in [2.24, 2.45) is 5.73 Å². The second-order valence-electron chi connectivity index (χ2n) is 3.99. The Morgan fingerprint density at radius 1 is 1.35 bits per heavy atom. The summed E-state index contributed by atoms with van der Waals surface area (Å²) >= 11 is 0. The van der Waals surface area contributed by atoms with Crippen molar-refractivity contribution < 1.29 is 24.2 Å². The first kappa shape index (κ1) is 17.9. The maximum Gasteiger partial charge on any atom is 0.326 e. The number of rotatable bonds is 11. The van der Waals surface area contributed by atoms with Crippen LogP contribution in [-0.4, -0.2) is 48.8 Å². The Morgan fingerprint density at radius 3 is 2.60 bits per heavy atom. The van der Waals surface area contributed by atoms with E-state index in [0.29, 0.717) is 13.2 Å². The lowest BCUT2D eigenvalue weighted by Crippen LogP contribution is -2.47. The summed E-state index contributed by atoms with van der Waals surface area (Å²) in [6.45, 7) is 4.63. The van der Waals surface area contributed by atoms with Crippen LogP contribution in [0.15, 0.2) is 12.7 Å². The van der Waals surface area contributed by atoms with Crippen molar-refractivity contribution in [1.29, 1.82) is 0 Å². The number of hydrogen-bond acceptors (Lipinski definition) is 4. The molecule has 0 saturated heterocycles. The molecule has 8 nitrogen and oxygen atoms in total. The molecule has 0 saturated carbocycles. The van der Waals surface area contributed by atoms with E-state index in [0.717, 1.165) is 6.42 Å². The Morgan fingerprint density at radius 2 is 2.05 bits per heavy atom. The number of aliphatic carboxylic acids is 1. The maximum absolute atomic E-state index is 11.4. The second kappa shape index (κ2) is 10.8. The first-order valence-corrected chi connectivity index (χ1v) is 6.21. The average Bonchev–Trinajstić information content (AvgIpc) is 2.38. The number of hydrogen-bond donors (Lipinski definition) is 4. The minimum absolute atomic E-state index is 0.0477. The van der Waals surface area contributed by atoms with E-state index in [1.54, 1.807) is 6.08 Å². The Bertz CT molecular complexity index is 346. The summed E-state index contributed by atoms with van der Waals surface area (Å²) in [5.74, 6) is -1.84. The van der Waals surface area contributed by atoms with E-state index in [9.17, 15) is 14.4 Å². The number of ether oxygens (including phenoxy) is 1. The SMILES string of the molecule is C=CCCOCCNC(=O)N[C@H](CCC(N)=O)C(=O)O. The van der Waals surface area contributed by atoms with Gasteiger partial charge in [-0.2, -0.15) is 0 Å². The quantitative estimate of drug-likeness (QED) is 0.303. The molecule has 0 heterocycles. The van der Waals surface area contributed by atoms with Crippen LogP contribution in [-0.2, 0) is 14.3 Å². The third kappa shape index (κ3) is 9.89. The number of nitrogens with two attached hydrogens (primary N) is 1. The minimum Gasteiger partial charge on any atom is -0.480 e. The van der Waals surface area contributed by atoms with Gasteiger partial charge in [0.1, 0.15) is 6.04 Å². The number of carbonyl (C=O) groups is 3. The molecule has 8 heteroatoms. The Balaban J connectivity index is 3.86. The molecule has 0 fully saturated rings. The molecule has 0 aromatic heterocycles. The molecule has 0 unspecified atom stereocenters. The summed E-state index contributed by atoms with van der Waals surface area (Å²) in [6, 6.07) is -1.78. The molecular formula is C12H21N3O5. The monoisotopic (exact) mass is 287 g/mol. The van der Waals surface area contributed by atoms with Crippen molar-refractivity contribution in [3.8, 4) is 0 Å². The lowest BCUT2D eigenvalue weighted by Gasteiger charge is -2.14. The third-order valence-electron chi connectivity index (χ3n) is 2.28. The van der Waals surface area contributed by atoms with E-state index in [4.69, 9.17) is 15.6 Å². The molecule has 0 aliphatic rings. The average molecular weight is 287 g/mol. The molecule has 3 amide bonds. The van der Waals surface area contributed by atoms with Gasteiger partial charge in [-0.1, -0.05) is 6.08 Å². The largest absolute Gasteiger partial charge is 0.480 e. The number of carboxylic acid groups (broad SMARTS) is 1. The fraction of sp³-hybridized carbons (Fsp3) is 0.583. The summed E-state index contributed by atoms with van der Waals surface area (Å²) in [5.41, 5.74) is 4.93. The van der Waals surface area contributed by atoms with Crippen LogP contribution in [0.1, 0.15) is 19.3 Å². The molecule has 0 radical (unpaired) electrons. The second-order valence-corrected chi connectivity index (χ2v) is 3.99. The van der Waals surface area contributed by atoms with Crippen molar-refractivity contribution >= 4 is 17.9 Å². The number of nitrogens with one attached hydrogen (secondary N) is 2. The zero-order valence-electron chi connectivity index (χ0n) is 11.3. The van der Waals surface area contributed by atoms with Crippen LogP contribution in [0.4, 0.5) is 4.79 Å². The predicted molar refractivity (Wildman–Crippen MR) is 72.0 cm³/mol. The van der Waals surface area contributed by atoms with Gasteiger partial charge in [0.2, 0.25) is 5.91 Å². The first-order chi connectivity index (χ1) is 9.47. The van der Waals surface area contributed by atoms with E-state index >= 15 is 0 Å². The molecule has 0 rings (SSSR count). The fourth-order valence-corrected chi connectivity index (χ4v) is 1.26. The minimum atomic E-state index is -1.22. The number of primary amides is 1. The van der Waals surface area contributed by atoms with Crippen LogP contribution in [0.25, 0.3) is 0 Å². The highest BCUT2D eigenvalue weighted by Crippen LogP contribution is 1.97. The molecule has 0 bridgehead atoms.